The molecule has 1 saturated heterocycles. The van der Waals surface area contributed by atoms with Crippen LogP contribution in [0.3, 0.4) is 0 Å². The van der Waals surface area contributed by atoms with E-state index in [0.717, 1.165) is 25.1 Å². The number of nitrogens with zero attached hydrogens (tertiary/aromatic N) is 1. The summed E-state index contributed by atoms with van der Waals surface area (Å²) in [4.78, 5) is 2.40. The second kappa shape index (κ2) is 8.06. The van der Waals surface area contributed by atoms with Gasteiger partial charge in [-0.25, -0.2) is 0 Å². The number of aliphatic hydroxyl groups excluding tert-OH is 1. The van der Waals surface area contributed by atoms with Gasteiger partial charge in [-0.15, -0.1) is 0 Å². The molecule has 1 heterocycles. The van der Waals surface area contributed by atoms with E-state index in [2.05, 4.69) is 28.9 Å². The molecule has 0 radical (unpaired) electrons. The molecule has 3 N–H and O–H groups in total. The number of aliphatic hydroxyl groups is 1. The predicted octanol–water partition coefficient (Wildman–Crippen LogP) is 1.73. The highest BCUT2D eigenvalue weighted by molar-refractivity contribution is 5.41. The highest BCUT2D eigenvalue weighted by Gasteiger charge is 2.20. The van der Waals surface area contributed by atoms with Gasteiger partial charge in [-0.2, -0.15) is 0 Å². The molecule has 0 saturated carbocycles. The van der Waals surface area contributed by atoms with E-state index in [4.69, 9.17) is 5.73 Å². The molecular formula is C17H24N2O. The quantitative estimate of drug-likeness (QED) is 0.824. The zero-order valence-corrected chi connectivity index (χ0v) is 12.0. The summed E-state index contributed by atoms with van der Waals surface area (Å²) in [5, 5.41) is 9.59. The molecule has 1 unspecified atom stereocenters. The van der Waals surface area contributed by atoms with Crippen molar-refractivity contribution in [3.8, 4) is 11.8 Å². The maximum absolute atomic E-state index is 9.59. The van der Waals surface area contributed by atoms with Crippen molar-refractivity contribution in [3.05, 3.63) is 35.4 Å². The number of nitrogens with two attached hydrogens (primary N) is 1. The van der Waals surface area contributed by atoms with Crippen LogP contribution in [0.4, 0.5) is 0 Å². The molecule has 0 spiro atoms. The summed E-state index contributed by atoms with van der Waals surface area (Å²) in [7, 11) is 0. The Labute approximate surface area is 121 Å². The van der Waals surface area contributed by atoms with Crippen LogP contribution < -0.4 is 5.73 Å². The van der Waals surface area contributed by atoms with Crippen LogP contribution in [0.5, 0.6) is 0 Å². The van der Waals surface area contributed by atoms with E-state index < -0.39 is 0 Å². The maximum Gasteiger partial charge on any atom is 0.0586 e. The van der Waals surface area contributed by atoms with Crippen molar-refractivity contribution in [3.63, 3.8) is 0 Å². The Morgan fingerprint density at radius 3 is 2.90 bits per heavy atom. The summed E-state index contributed by atoms with van der Waals surface area (Å²) in [6.45, 7) is 2.55. The van der Waals surface area contributed by atoms with Crippen molar-refractivity contribution in [1.82, 2.24) is 4.90 Å². The van der Waals surface area contributed by atoms with Crippen molar-refractivity contribution >= 4 is 0 Å². The van der Waals surface area contributed by atoms with Crippen LogP contribution >= 0.6 is 0 Å². The van der Waals surface area contributed by atoms with Crippen LogP contribution in [-0.4, -0.2) is 35.7 Å². The highest BCUT2D eigenvalue weighted by atomic mass is 16.3. The number of rotatable bonds is 3. The first-order valence-corrected chi connectivity index (χ1v) is 7.47. The molecule has 0 aliphatic carbocycles. The van der Waals surface area contributed by atoms with Crippen molar-refractivity contribution in [2.45, 2.75) is 38.3 Å². The van der Waals surface area contributed by atoms with Gasteiger partial charge in [0.2, 0.25) is 0 Å². The molecule has 3 nitrogen and oxygen atoms in total. The molecule has 1 aromatic carbocycles. The molecular weight excluding hydrogens is 248 g/mol. The van der Waals surface area contributed by atoms with Crippen LogP contribution in [-0.2, 0) is 6.54 Å². The third-order valence-electron chi connectivity index (χ3n) is 3.93. The van der Waals surface area contributed by atoms with Crippen molar-refractivity contribution in [2.24, 2.45) is 5.73 Å². The molecule has 2 rings (SSSR count). The first-order valence-electron chi connectivity index (χ1n) is 7.47. The number of likely N-dealkylation sites (tertiary alicyclic amines) is 1. The van der Waals surface area contributed by atoms with Gasteiger partial charge in [0.1, 0.15) is 0 Å². The van der Waals surface area contributed by atoms with Crippen LogP contribution in [0, 0.1) is 11.8 Å². The lowest BCUT2D eigenvalue weighted by atomic mass is 10.1. The predicted molar refractivity (Wildman–Crippen MR) is 82.1 cm³/mol. The summed E-state index contributed by atoms with van der Waals surface area (Å²) in [5.41, 5.74) is 7.74. The van der Waals surface area contributed by atoms with Gasteiger partial charge in [-0.05, 0) is 31.0 Å². The Morgan fingerprint density at radius 1 is 1.25 bits per heavy atom. The van der Waals surface area contributed by atoms with Gasteiger partial charge in [-0.1, -0.05) is 42.9 Å². The number of hydrogen-bond acceptors (Lipinski definition) is 3. The zero-order chi connectivity index (χ0) is 14.2. The minimum atomic E-state index is 0.247. The molecule has 20 heavy (non-hydrogen) atoms. The summed E-state index contributed by atoms with van der Waals surface area (Å²) in [6, 6.07) is 8.52. The lowest BCUT2D eigenvalue weighted by Crippen LogP contribution is -2.37. The van der Waals surface area contributed by atoms with E-state index in [-0.39, 0.29) is 12.6 Å². The second-order valence-electron chi connectivity index (χ2n) is 5.32. The first-order chi connectivity index (χ1) is 9.85. The van der Waals surface area contributed by atoms with Gasteiger partial charge in [0.25, 0.3) is 0 Å². The molecule has 0 bridgehead atoms. The monoisotopic (exact) mass is 272 g/mol. The number of benzene rings is 1. The van der Waals surface area contributed by atoms with Crippen molar-refractivity contribution < 1.29 is 5.11 Å². The smallest absolute Gasteiger partial charge is 0.0586 e. The molecule has 1 fully saturated rings. The Hall–Kier alpha value is -1.34. The largest absolute Gasteiger partial charge is 0.395 e. The van der Waals surface area contributed by atoms with E-state index in [1.54, 1.807) is 0 Å². The fraction of sp³-hybridized carbons (Fsp3) is 0.529. The summed E-state index contributed by atoms with van der Waals surface area (Å²) in [5.74, 6) is 6.08. The Morgan fingerprint density at radius 2 is 2.10 bits per heavy atom. The Kier molecular flexibility index (Phi) is 6.07. The van der Waals surface area contributed by atoms with Gasteiger partial charge in [-0.3, -0.25) is 4.90 Å². The summed E-state index contributed by atoms with van der Waals surface area (Å²) in [6.07, 6.45) is 4.79. The SMILES string of the molecule is NCC#Cc1ccccc1CN1CCCCCC1CO. The average molecular weight is 272 g/mol. The highest BCUT2D eigenvalue weighted by Crippen LogP contribution is 2.20. The second-order valence-corrected chi connectivity index (χ2v) is 5.32. The fourth-order valence-corrected chi connectivity index (χ4v) is 2.80. The van der Waals surface area contributed by atoms with E-state index in [1.165, 1.54) is 24.8 Å². The fourth-order valence-electron chi connectivity index (χ4n) is 2.80. The van der Waals surface area contributed by atoms with Gasteiger partial charge in [0.05, 0.1) is 13.2 Å². The maximum atomic E-state index is 9.59. The van der Waals surface area contributed by atoms with Crippen LogP contribution in [0.1, 0.15) is 36.8 Å². The molecule has 1 aromatic rings. The van der Waals surface area contributed by atoms with Gasteiger partial charge >= 0.3 is 0 Å². The van der Waals surface area contributed by atoms with Crippen LogP contribution in [0.25, 0.3) is 0 Å². The van der Waals surface area contributed by atoms with E-state index >= 15 is 0 Å². The molecule has 1 atom stereocenters. The van der Waals surface area contributed by atoms with E-state index in [9.17, 15) is 5.11 Å². The third-order valence-corrected chi connectivity index (χ3v) is 3.93. The normalized spacial score (nSPS) is 20.0. The third kappa shape index (κ3) is 4.08. The van der Waals surface area contributed by atoms with Gasteiger partial charge in [0, 0.05) is 18.2 Å². The lowest BCUT2D eigenvalue weighted by molar-refractivity contribution is 0.118. The molecule has 1 aliphatic rings. The Balaban J connectivity index is 2.15. The summed E-state index contributed by atoms with van der Waals surface area (Å²) < 4.78 is 0. The minimum absolute atomic E-state index is 0.247. The molecule has 108 valence electrons. The van der Waals surface area contributed by atoms with Gasteiger partial charge in [0.15, 0.2) is 0 Å². The molecule has 0 aromatic heterocycles. The van der Waals surface area contributed by atoms with Crippen molar-refractivity contribution in [1.29, 1.82) is 0 Å². The molecule has 1 aliphatic heterocycles. The molecule has 3 heteroatoms. The van der Waals surface area contributed by atoms with Crippen molar-refractivity contribution in [2.75, 3.05) is 19.7 Å². The summed E-state index contributed by atoms with van der Waals surface area (Å²) >= 11 is 0. The topological polar surface area (TPSA) is 49.5 Å². The standard InChI is InChI=1S/C17H24N2O/c18-11-6-9-15-7-3-4-8-16(15)13-19-12-5-1-2-10-17(19)14-20/h3-4,7-8,17,20H,1-2,5,10-14,18H2. The van der Waals surface area contributed by atoms with Crippen LogP contribution in [0.15, 0.2) is 24.3 Å². The van der Waals surface area contributed by atoms with Crippen LogP contribution in [0.2, 0.25) is 0 Å². The first kappa shape index (κ1) is 15.1. The Bertz CT molecular complexity index is 475. The number of hydrogen-bond donors (Lipinski definition) is 2. The van der Waals surface area contributed by atoms with Gasteiger partial charge < -0.3 is 10.8 Å². The average Bonchev–Trinajstić information content (AvgIpc) is 2.71. The lowest BCUT2D eigenvalue weighted by Gasteiger charge is -2.28. The molecule has 0 amide bonds. The minimum Gasteiger partial charge on any atom is -0.395 e. The zero-order valence-electron chi connectivity index (χ0n) is 12.0. The van der Waals surface area contributed by atoms with E-state index in [0.29, 0.717) is 6.54 Å². The van der Waals surface area contributed by atoms with E-state index in [1.807, 2.05) is 12.1 Å².